The van der Waals surface area contributed by atoms with Crippen LogP contribution in [0.5, 0.6) is 0 Å². The second kappa shape index (κ2) is 8.63. The first-order valence-corrected chi connectivity index (χ1v) is 11.6. The number of carbonyl (C=O) groups is 1. The molecule has 2 heterocycles. The molecule has 0 fully saturated rings. The SMILES string of the molecule is Cc1ncc(-c2nn(-c3ccccc3)c(NC(=O)N[C@@H]3c4ccccc4C(C)(C)C3O)c2C)cn1. The number of hydrogen-bond acceptors (Lipinski definition) is 5. The molecule has 0 bridgehead atoms. The van der Waals surface area contributed by atoms with Gasteiger partial charge in [0.25, 0.3) is 0 Å². The standard InChI is InChI=1S/C27H28N6O2/c1-16-22(18-14-28-17(2)29-15-18)32-33(19-10-6-5-7-11-19)25(16)31-26(35)30-23-20-12-8-9-13-21(20)27(3,4)24(23)34/h5-15,23-24,34H,1-4H3,(H2,30,31,35)/t23-,24?/m1/s1. The molecule has 1 unspecified atom stereocenters. The summed E-state index contributed by atoms with van der Waals surface area (Å²) in [6.45, 7) is 7.70. The number of hydrogen-bond donors (Lipinski definition) is 3. The van der Waals surface area contributed by atoms with Gasteiger partial charge in [-0.25, -0.2) is 19.4 Å². The van der Waals surface area contributed by atoms with Gasteiger partial charge in [-0.3, -0.25) is 5.32 Å². The molecule has 0 spiro atoms. The number of urea groups is 1. The van der Waals surface area contributed by atoms with Crippen LogP contribution in [0.4, 0.5) is 10.6 Å². The van der Waals surface area contributed by atoms with Crippen LogP contribution in [-0.4, -0.2) is 37.0 Å². The van der Waals surface area contributed by atoms with E-state index in [0.29, 0.717) is 17.3 Å². The Kier molecular flexibility index (Phi) is 5.61. The van der Waals surface area contributed by atoms with Gasteiger partial charge in [-0.15, -0.1) is 0 Å². The van der Waals surface area contributed by atoms with Crippen LogP contribution in [0.3, 0.4) is 0 Å². The summed E-state index contributed by atoms with van der Waals surface area (Å²) in [5.74, 6) is 1.20. The van der Waals surface area contributed by atoms with E-state index < -0.39 is 23.6 Å². The maximum absolute atomic E-state index is 13.3. The van der Waals surface area contributed by atoms with E-state index in [4.69, 9.17) is 5.10 Å². The van der Waals surface area contributed by atoms with Gasteiger partial charge in [0.05, 0.1) is 17.8 Å². The molecule has 2 aromatic carbocycles. The molecule has 2 aromatic heterocycles. The van der Waals surface area contributed by atoms with Crippen molar-refractivity contribution in [1.82, 2.24) is 25.1 Å². The number of benzene rings is 2. The minimum atomic E-state index is -0.758. The van der Waals surface area contributed by atoms with Gasteiger partial charge in [0.2, 0.25) is 0 Å². The molecule has 0 saturated carbocycles. The van der Waals surface area contributed by atoms with Crippen LogP contribution in [0.1, 0.15) is 42.4 Å². The fourth-order valence-electron chi connectivity index (χ4n) is 4.73. The molecule has 8 heteroatoms. The lowest BCUT2D eigenvalue weighted by atomic mass is 9.84. The summed E-state index contributed by atoms with van der Waals surface area (Å²) in [7, 11) is 0. The first-order valence-electron chi connectivity index (χ1n) is 11.6. The lowest BCUT2D eigenvalue weighted by Crippen LogP contribution is -2.41. The summed E-state index contributed by atoms with van der Waals surface area (Å²) >= 11 is 0. The van der Waals surface area contributed by atoms with Crippen LogP contribution >= 0.6 is 0 Å². The van der Waals surface area contributed by atoms with Crippen molar-refractivity contribution in [3.63, 3.8) is 0 Å². The lowest BCUT2D eigenvalue weighted by molar-refractivity contribution is 0.0828. The second-order valence-corrected chi connectivity index (χ2v) is 9.42. The number of carbonyl (C=O) groups excluding carboxylic acids is 1. The van der Waals surface area contributed by atoms with E-state index in [-0.39, 0.29) is 0 Å². The van der Waals surface area contributed by atoms with Crippen molar-refractivity contribution in [1.29, 1.82) is 0 Å². The van der Waals surface area contributed by atoms with Crippen LogP contribution in [0, 0.1) is 13.8 Å². The molecule has 1 aliphatic rings. The van der Waals surface area contributed by atoms with Crippen LogP contribution in [0.15, 0.2) is 67.0 Å². The molecule has 0 aliphatic heterocycles. The van der Waals surface area contributed by atoms with Crippen molar-refractivity contribution in [3.05, 3.63) is 89.5 Å². The van der Waals surface area contributed by atoms with Gasteiger partial charge in [0.15, 0.2) is 0 Å². The number of aromatic nitrogens is 4. The number of anilines is 1. The summed E-state index contributed by atoms with van der Waals surface area (Å²) in [5, 5.41) is 21.8. The number of aryl methyl sites for hydroxylation is 1. The zero-order valence-corrected chi connectivity index (χ0v) is 20.1. The molecule has 178 valence electrons. The molecule has 3 N–H and O–H groups in total. The van der Waals surface area contributed by atoms with Crippen LogP contribution < -0.4 is 10.6 Å². The number of amides is 2. The molecule has 35 heavy (non-hydrogen) atoms. The van der Waals surface area contributed by atoms with Gasteiger partial charge in [-0.1, -0.05) is 56.3 Å². The highest BCUT2D eigenvalue weighted by Gasteiger charge is 2.46. The van der Waals surface area contributed by atoms with E-state index in [2.05, 4.69) is 20.6 Å². The Morgan fingerprint density at radius 2 is 1.66 bits per heavy atom. The average molecular weight is 469 g/mol. The largest absolute Gasteiger partial charge is 0.390 e. The zero-order valence-electron chi connectivity index (χ0n) is 20.1. The van der Waals surface area contributed by atoms with Crippen molar-refractivity contribution in [2.75, 3.05) is 5.32 Å². The quantitative estimate of drug-likeness (QED) is 0.410. The van der Waals surface area contributed by atoms with E-state index in [9.17, 15) is 9.90 Å². The van der Waals surface area contributed by atoms with Gasteiger partial charge >= 0.3 is 6.03 Å². The first kappa shape index (κ1) is 22.7. The van der Waals surface area contributed by atoms with Gasteiger partial charge in [-0.2, -0.15) is 5.10 Å². The molecule has 1 aliphatic carbocycles. The molecule has 2 atom stereocenters. The number of rotatable bonds is 4. The van der Waals surface area contributed by atoms with E-state index in [1.54, 1.807) is 17.1 Å². The Balaban J connectivity index is 1.49. The minimum absolute atomic E-state index is 0.423. The van der Waals surface area contributed by atoms with Gasteiger partial charge in [-0.05, 0) is 37.1 Å². The number of aliphatic hydroxyl groups excluding tert-OH is 1. The third-order valence-electron chi connectivity index (χ3n) is 6.74. The molecular weight excluding hydrogens is 440 g/mol. The maximum Gasteiger partial charge on any atom is 0.320 e. The number of nitrogens with zero attached hydrogens (tertiary/aromatic N) is 4. The van der Waals surface area contributed by atoms with E-state index in [0.717, 1.165) is 27.9 Å². The van der Waals surface area contributed by atoms with Crippen molar-refractivity contribution in [2.45, 2.75) is 45.3 Å². The normalized spacial score (nSPS) is 18.2. The summed E-state index contributed by atoms with van der Waals surface area (Å²) in [5.41, 5.74) is 4.50. The molecule has 8 nitrogen and oxygen atoms in total. The van der Waals surface area contributed by atoms with Crippen molar-refractivity contribution < 1.29 is 9.90 Å². The third-order valence-corrected chi connectivity index (χ3v) is 6.74. The van der Waals surface area contributed by atoms with E-state index in [1.807, 2.05) is 82.3 Å². The first-order chi connectivity index (χ1) is 16.8. The fraction of sp³-hybridized carbons (Fsp3) is 0.259. The van der Waals surface area contributed by atoms with Gasteiger partial charge < -0.3 is 10.4 Å². The molecule has 5 rings (SSSR count). The molecule has 0 radical (unpaired) electrons. The van der Waals surface area contributed by atoms with E-state index in [1.165, 1.54) is 0 Å². The highest BCUT2D eigenvalue weighted by molar-refractivity contribution is 5.91. The molecule has 4 aromatic rings. The second-order valence-electron chi connectivity index (χ2n) is 9.42. The van der Waals surface area contributed by atoms with Crippen molar-refractivity contribution in [3.8, 4) is 16.9 Å². The number of nitrogens with one attached hydrogen (secondary N) is 2. The molecule has 0 saturated heterocycles. The Bertz CT molecular complexity index is 1380. The van der Waals surface area contributed by atoms with Gasteiger partial charge in [0.1, 0.15) is 17.3 Å². The molecule has 2 amide bonds. The number of aliphatic hydroxyl groups is 1. The highest BCUT2D eigenvalue weighted by atomic mass is 16.3. The maximum atomic E-state index is 13.3. The Hall–Kier alpha value is -4.04. The van der Waals surface area contributed by atoms with Crippen molar-refractivity contribution >= 4 is 11.8 Å². The lowest BCUT2D eigenvalue weighted by Gasteiger charge is -2.27. The Morgan fingerprint density at radius 1 is 1.00 bits per heavy atom. The van der Waals surface area contributed by atoms with E-state index >= 15 is 0 Å². The monoisotopic (exact) mass is 468 g/mol. The number of fused-ring (bicyclic) bond motifs is 1. The Morgan fingerprint density at radius 3 is 2.37 bits per heavy atom. The predicted molar refractivity (Wildman–Crippen MR) is 134 cm³/mol. The minimum Gasteiger partial charge on any atom is -0.390 e. The summed E-state index contributed by atoms with van der Waals surface area (Å²) in [4.78, 5) is 21.8. The average Bonchev–Trinajstić information content (AvgIpc) is 3.27. The van der Waals surface area contributed by atoms with Crippen LogP contribution in [0.25, 0.3) is 16.9 Å². The third kappa shape index (κ3) is 3.95. The van der Waals surface area contributed by atoms with Crippen LogP contribution in [0.2, 0.25) is 0 Å². The van der Waals surface area contributed by atoms with Crippen LogP contribution in [-0.2, 0) is 5.41 Å². The Labute approximate surface area is 204 Å². The summed E-state index contributed by atoms with van der Waals surface area (Å²) < 4.78 is 1.70. The zero-order chi connectivity index (χ0) is 24.7. The van der Waals surface area contributed by atoms with Crippen molar-refractivity contribution in [2.24, 2.45) is 0 Å². The topological polar surface area (TPSA) is 105 Å². The van der Waals surface area contributed by atoms with Gasteiger partial charge in [0, 0.05) is 28.9 Å². The summed E-state index contributed by atoms with van der Waals surface area (Å²) in [6, 6.07) is 16.5. The fourth-order valence-corrected chi connectivity index (χ4v) is 4.73. The smallest absolute Gasteiger partial charge is 0.320 e. The highest BCUT2D eigenvalue weighted by Crippen LogP contribution is 2.44. The molecular formula is C27H28N6O2. The predicted octanol–water partition coefficient (Wildman–Crippen LogP) is 4.46. The number of para-hydroxylation sites is 1. The summed E-state index contributed by atoms with van der Waals surface area (Å²) in [6.07, 6.45) is 2.70.